The number of nitrogens with zero attached hydrogens (tertiary/aromatic N) is 3. The molecule has 1 amide bonds. The Kier molecular flexibility index (Phi) is 10.8. The number of pyridine rings is 1. The fourth-order valence-corrected chi connectivity index (χ4v) is 4.46. The summed E-state index contributed by atoms with van der Waals surface area (Å²) in [6.07, 6.45) is -6.85. The van der Waals surface area contributed by atoms with E-state index in [9.17, 15) is 40.6 Å². The lowest BCUT2D eigenvalue weighted by atomic mass is 9.98. The number of hydrogen-bond donors (Lipinski definition) is 1. The number of aromatic nitrogens is 1. The monoisotopic (exact) mass is 613 g/mol. The SMILES string of the molecule is Cl.Cl.O=C(c1cc(C(F)(F)F)cc(C(F)(F)F)c1)N1CCN(Cc2cccnc2)CC1Cc1ccc(F)c(O)c1. The second-order valence-electron chi connectivity index (χ2n) is 9.03. The Morgan fingerprint density at radius 2 is 1.57 bits per heavy atom. The lowest BCUT2D eigenvalue weighted by molar-refractivity contribution is -0.143. The Morgan fingerprint density at radius 3 is 2.12 bits per heavy atom. The Balaban J connectivity index is 0.00000280. The van der Waals surface area contributed by atoms with Crippen molar-refractivity contribution in [1.82, 2.24) is 14.8 Å². The zero-order valence-corrected chi connectivity index (χ0v) is 22.2. The van der Waals surface area contributed by atoms with Gasteiger partial charge in [0, 0.05) is 50.2 Å². The molecule has 0 aliphatic carbocycles. The number of aromatic hydroxyl groups is 1. The number of phenolic OH excluding ortho intramolecular Hbond substituents is 1. The van der Waals surface area contributed by atoms with Gasteiger partial charge < -0.3 is 10.0 Å². The number of rotatable bonds is 5. The van der Waals surface area contributed by atoms with Gasteiger partial charge in [0.25, 0.3) is 5.91 Å². The minimum atomic E-state index is -5.09. The fourth-order valence-electron chi connectivity index (χ4n) is 4.46. The number of halogens is 9. The molecule has 0 radical (unpaired) electrons. The molecule has 3 aromatic rings. The molecule has 40 heavy (non-hydrogen) atoms. The van der Waals surface area contributed by atoms with Crippen LogP contribution < -0.4 is 0 Å². The van der Waals surface area contributed by atoms with Gasteiger partial charge in [0.1, 0.15) is 0 Å². The van der Waals surface area contributed by atoms with Crippen molar-refractivity contribution in [2.45, 2.75) is 31.4 Å². The lowest BCUT2D eigenvalue weighted by Crippen LogP contribution is -2.55. The van der Waals surface area contributed by atoms with E-state index in [1.54, 1.807) is 18.5 Å². The molecule has 4 rings (SSSR count). The smallest absolute Gasteiger partial charge is 0.416 e. The summed E-state index contributed by atoms with van der Waals surface area (Å²) in [6, 6.07) is 7.31. The molecule has 1 unspecified atom stereocenters. The van der Waals surface area contributed by atoms with Crippen molar-refractivity contribution >= 4 is 30.7 Å². The van der Waals surface area contributed by atoms with Gasteiger partial charge in [-0.3, -0.25) is 14.7 Å². The number of hydrogen-bond acceptors (Lipinski definition) is 4. The van der Waals surface area contributed by atoms with E-state index in [2.05, 4.69) is 4.98 Å². The van der Waals surface area contributed by atoms with Crippen LogP contribution in [0.3, 0.4) is 0 Å². The van der Waals surface area contributed by atoms with Crippen LogP contribution in [-0.2, 0) is 25.3 Å². The fraction of sp³-hybridized carbons (Fsp3) is 0.308. The van der Waals surface area contributed by atoms with Crippen molar-refractivity contribution in [2.24, 2.45) is 0 Å². The molecule has 1 aliphatic rings. The highest BCUT2D eigenvalue weighted by Gasteiger charge is 2.39. The Bertz CT molecular complexity index is 1280. The van der Waals surface area contributed by atoms with Gasteiger partial charge in [-0.25, -0.2) is 4.39 Å². The van der Waals surface area contributed by atoms with E-state index in [1.807, 2.05) is 11.0 Å². The Labute approximate surface area is 237 Å². The van der Waals surface area contributed by atoms with E-state index in [0.29, 0.717) is 30.8 Å². The molecule has 1 N–H and O–H groups in total. The summed E-state index contributed by atoms with van der Waals surface area (Å²) < 4.78 is 93.8. The van der Waals surface area contributed by atoms with Crippen LogP contribution in [0.25, 0.3) is 0 Å². The Hall–Kier alpha value is -3.09. The van der Waals surface area contributed by atoms with E-state index in [1.165, 1.54) is 17.0 Å². The van der Waals surface area contributed by atoms with Gasteiger partial charge in [0.15, 0.2) is 11.6 Å². The van der Waals surface area contributed by atoms with E-state index < -0.39 is 52.6 Å². The molecule has 0 bridgehead atoms. The summed E-state index contributed by atoms with van der Waals surface area (Å²) in [5, 5.41) is 9.76. The summed E-state index contributed by atoms with van der Waals surface area (Å²) in [7, 11) is 0. The quantitative estimate of drug-likeness (QED) is 0.340. The van der Waals surface area contributed by atoms with Crippen LogP contribution >= 0.6 is 24.8 Å². The van der Waals surface area contributed by atoms with Gasteiger partial charge in [-0.2, -0.15) is 26.3 Å². The molecule has 2 aromatic carbocycles. The van der Waals surface area contributed by atoms with Crippen molar-refractivity contribution in [1.29, 1.82) is 0 Å². The normalized spacial score (nSPS) is 16.2. The summed E-state index contributed by atoms with van der Waals surface area (Å²) >= 11 is 0. The average molecular weight is 614 g/mol. The number of amides is 1. The highest BCUT2D eigenvalue weighted by molar-refractivity contribution is 5.95. The largest absolute Gasteiger partial charge is 0.505 e. The molecular formula is C26H24Cl2F7N3O2. The second-order valence-corrected chi connectivity index (χ2v) is 9.03. The van der Waals surface area contributed by atoms with E-state index in [0.717, 1.165) is 11.6 Å². The van der Waals surface area contributed by atoms with Crippen molar-refractivity contribution in [3.63, 3.8) is 0 Å². The van der Waals surface area contributed by atoms with Gasteiger partial charge in [-0.05, 0) is 53.9 Å². The predicted molar refractivity (Wildman–Crippen MR) is 137 cm³/mol. The van der Waals surface area contributed by atoms with E-state index in [4.69, 9.17) is 0 Å². The van der Waals surface area contributed by atoms with E-state index in [-0.39, 0.29) is 50.4 Å². The zero-order chi connectivity index (χ0) is 27.7. The minimum Gasteiger partial charge on any atom is -0.505 e. The molecule has 1 aliphatic heterocycles. The van der Waals surface area contributed by atoms with E-state index >= 15 is 0 Å². The first-order valence-electron chi connectivity index (χ1n) is 11.5. The minimum absolute atomic E-state index is 0. The third-order valence-electron chi connectivity index (χ3n) is 6.27. The van der Waals surface area contributed by atoms with Crippen molar-refractivity contribution < 1.29 is 40.6 Å². The third-order valence-corrected chi connectivity index (χ3v) is 6.27. The van der Waals surface area contributed by atoms with Gasteiger partial charge in [-0.1, -0.05) is 12.1 Å². The highest BCUT2D eigenvalue weighted by Crippen LogP contribution is 2.37. The topological polar surface area (TPSA) is 56.7 Å². The molecule has 0 saturated carbocycles. The number of carbonyl (C=O) groups excluding carboxylic acids is 1. The zero-order valence-electron chi connectivity index (χ0n) is 20.5. The Morgan fingerprint density at radius 1 is 0.925 bits per heavy atom. The van der Waals surface area contributed by atoms with Gasteiger partial charge >= 0.3 is 12.4 Å². The number of carbonyl (C=O) groups is 1. The van der Waals surface area contributed by atoms with Crippen LogP contribution in [0.5, 0.6) is 5.75 Å². The summed E-state index contributed by atoms with van der Waals surface area (Å²) in [4.78, 5) is 20.7. The van der Waals surface area contributed by atoms with Crippen LogP contribution in [0, 0.1) is 5.82 Å². The van der Waals surface area contributed by atoms with Gasteiger partial charge in [0.2, 0.25) is 0 Å². The highest BCUT2D eigenvalue weighted by atomic mass is 35.5. The van der Waals surface area contributed by atoms with Crippen molar-refractivity contribution in [2.75, 3.05) is 19.6 Å². The van der Waals surface area contributed by atoms with Crippen LogP contribution in [0.2, 0.25) is 0 Å². The summed E-state index contributed by atoms with van der Waals surface area (Å²) in [5.74, 6) is -2.46. The van der Waals surface area contributed by atoms with Crippen LogP contribution in [0.1, 0.15) is 32.6 Å². The average Bonchev–Trinajstić information content (AvgIpc) is 2.85. The number of benzene rings is 2. The molecule has 14 heteroatoms. The maximum Gasteiger partial charge on any atom is 0.416 e. The van der Waals surface area contributed by atoms with Gasteiger partial charge in [-0.15, -0.1) is 24.8 Å². The third kappa shape index (κ3) is 7.98. The molecule has 5 nitrogen and oxygen atoms in total. The second kappa shape index (κ2) is 13.0. The van der Waals surface area contributed by atoms with Crippen molar-refractivity contribution in [3.05, 3.63) is 94.6 Å². The molecule has 218 valence electrons. The molecule has 0 spiro atoms. The molecular weight excluding hydrogens is 590 g/mol. The first kappa shape index (κ1) is 33.1. The summed E-state index contributed by atoms with van der Waals surface area (Å²) in [6.45, 7) is 0.998. The number of piperazine rings is 1. The molecule has 1 fully saturated rings. The predicted octanol–water partition coefficient (Wildman–Crippen LogP) is 6.38. The van der Waals surface area contributed by atoms with Gasteiger partial charge in [0.05, 0.1) is 11.1 Å². The first-order chi connectivity index (χ1) is 17.8. The van der Waals surface area contributed by atoms with Crippen molar-refractivity contribution in [3.8, 4) is 5.75 Å². The number of alkyl halides is 6. The maximum absolute atomic E-state index is 13.6. The summed E-state index contributed by atoms with van der Waals surface area (Å²) in [5.41, 5.74) is -2.58. The first-order valence-corrected chi connectivity index (χ1v) is 11.5. The van der Waals surface area contributed by atoms with Crippen LogP contribution in [0.15, 0.2) is 60.9 Å². The maximum atomic E-state index is 13.6. The molecule has 1 atom stereocenters. The van der Waals surface area contributed by atoms with Crippen LogP contribution in [0.4, 0.5) is 30.7 Å². The standard InChI is InChI=1S/C26H22F7N3O2.2ClH/c27-22-4-3-16(9-23(22)37)8-21-15-35(14-17-2-1-5-34-13-17)6-7-36(21)24(38)18-10-19(25(28,29)30)12-20(11-18)26(31,32)33;;/h1-5,9-13,21,37H,6-8,14-15H2;2*1H. The molecule has 1 aromatic heterocycles. The molecule has 1 saturated heterocycles. The molecule has 2 heterocycles. The van der Waals surface area contributed by atoms with Crippen LogP contribution in [-0.4, -0.2) is 51.5 Å². The number of phenols is 1. The lowest BCUT2D eigenvalue weighted by Gasteiger charge is -2.42.